The first-order valence-corrected chi connectivity index (χ1v) is 8.16. The Morgan fingerprint density at radius 3 is 2.91 bits per heavy atom. The Hall–Kier alpha value is -1.72. The van der Waals surface area contributed by atoms with Crippen molar-refractivity contribution in [1.29, 1.82) is 0 Å². The molecule has 1 aromatic heterocycles. The molecule has 0 atom stereocenters. The lowest BCUT2D eigenvalue weighted by Crippen LogP contribution is -2.38. The third kappa shape index (κ3) is 3.72. The first kappa shape index (κ1) is 15.2. The number of para-hydroxylation sites is 1. The van der Waals surface area contributed by atoms with Gasteiger partial charge in [-0.25, -0.2) is 4.98 Å². The molecule has 3 rings (SSSR count). The molecule has 1 fully saturated rings. The molecular formula is C16H17ClN4S. The number of rotatable bonds is 3. The molecule has 0 spiro atoms. The maximum atomic E-state index is 6.18. The Bertz CT molecular complexity index is 710. The van der Waals surface area contributed by atoms with Crippen LogP contribution in [0.4, 0.5) is 0 Å². The van der Waals surface area contributed by atoms with E-state index in [9.17, 15) is 0 Å². The molecule has 1 saturated carbocycles. The molecule has 0 amide bonds. The van der Waals surface area contributed by atoms with Crippen molar-refractivity contribution in [3.63, 3.8) is 0 Å². The molecule has 0 bridgehead atoms. The van der Waals surface area contributed by atoms with Gasteiger partial charge in [-0.3, -0.25) is 5.43 Å². The van der Waals surface area contributed by atoms with Crippen LogP contribution in [0.2, 0.25) is 5.15 Å². The standard InChI is InChI=1S/C16H17ClN4S/c17-15-12(9-11-5-1-4-8-14(11)20-15)10-18-21-16(22)19-13-6-2-3-7-13/h1,4-5,8-10,13H,2-3,6-7H2,(H2,19,21,22)/b18-10+. The van der Waals surface area contributed by atoms with Gasteiger partial charge in [-0.2, -0.15) is 5.10 Å². The Morgan fingerprint density at radius 2 is 2.09 bits per heavy atom. The number of nitrogens with zero attached hydrogens (tertiary/aromatic N) is 2. The molecule has 0 unspecified atom stereocenters. The minimum atomic E-state index is 0.430. The lowest BCUT2D eigenvalue weighted by atomic mass is 10.2. The van der Waals surface area contributed by atoms with Crippen molar-refractivity contribution in [2.24, 2.45) is 5.10 Å². The molecular weight excluding hydrogens is 316 g/mol. The molecule has 1 aliphatic carbocycles. The number of hydrogen-bond donors (Lipinski definition) is 2. The summed E-state index contributed by atoms with van der Waals surface area (Å²) in [6.45, 7) is 0. The van der Waals surface area contributed by atoms with Gasteiger partial charge >= 0.3 is 0 Å². The number of benzene rings is 1. The molecule has 0 radical (unpaired) electrons. The quantitative estimate of drug-likeness (QED) is 0.390. The summed E-state index contributed by atoms with van der Waals surface area (Å²) < 4.78 is 0. The smallest absolute Gasteiger partial charge is 0.187 e. The van der Waals surface area contributed by atoms with Crippen molar-refractivity contribution in [3.8, 4) is 0 Å². The summed E-state index contributed by atoms with van der Waals surface area (Å²) in [6, 6.07) is 10.3. The second-order valence-electron chi connectivity index (χ2n) is 5.39. The van der Waals surface area contributed by atoms with Crippen LogP contribution in [0.25, 0.3) is 10.9 Å². The molecule has 1 heterocycles. The largest absolute Gasteiger partial charge is 0.359 e. The normalized spacial score (nSPS) is 15.5. The van der Waals surface area contributed by atoms with E-state index in [0.29, 0.717) is 16.3 Å². The van der Waals surface area contributed by atoms with Crippen LogP contribution in [-0.4, -0.2) is 22.4 Å². The highest BCUT2D eigenvalue weighted by Gasteiger charge is 2.14. The van der Waals surface area contributed by atoms with Crippen molar-refractivity contribution < 1.29 is 0 Å². The third-order valence-electron chi connectivity index (χ3n) is 3.76. The molecule has 2 aromatic rings. The van der Waals surface area contributed by atoms with E-state index in [-0.39, 0.29) is 0 Å². The number of hydrogen-bond acceptors (Lipinski definition) is 3. The lowest BCUT2D eigenvalue weighted by Gasteiger charge is -2.13. The number of aromatic nitrogens is 1. The molecule has 0 saturated heterocycles. The zero-order valence-corrected chi connectivity index (χ0v) is 13.6. The molecule has 1 aliphatic rings. The highest BCUT2D eigenvalue weighted by molar-refractivity contribution is 7.80. The monoisotopic (exact) mass is 332 g/mol. The van der Waals surface area contributed by atoms with Crippen LogP contribution in [0.15, 0.2) is 35.4 Å². The van der Waals surface area contributed by atoms with E-state index >= 15 is 0 Å². The summed E-state index contributed by atoms with van der Waals surface area (Å²) in [5, 5.41) is 9.42. The van der Waals surface area contributed by atoms with Gasteiger partial charge in [-0.15, -0.1) is 0 Å². The first-order valence-electron chi connectivity index (χ1n) is 7.37. The van der Waals surface area contributed by atoms with Crippen molar-refractivity contribution in [2.75, 3.05) is 0 Å². The van der Waals surface area contributed by atoms with Gasteiger partial charge in [0.15, 0.2) is 5.11 Å². The van der Waals surface area contributed by atoms with Crippen LogP contribution in [0.5, 0.6) is 0 Å². The van der Waals surface area contributed by atoms with Crippen LogP contribution in [0.1, 0.15) is 31.2 Å². The Morgan fingerprint density at radius 1 is 1.32 bits per heavy atom. The van der Waals surface area contributed by atoms with Gasteiger partial charge < -0.3 is 5.32 Å². The Balaban J connectivity index is 1.64. The predicted molar refractivity (Wildman–Crippen MR) is 95.5 cm³/mol. The average molecular weight is 333 g/mol. The van der Waals surface area contributed by atoms with E-state index < -0.39 is 0 Å². The topological polar surface area (TPSA) is 49.3 Å². The summed E-state index contributed by atoms with van der Waals surface area (Å²) in [5.74, 6) is 0. The molecule has 4 nitrogen and oxygen atoms in total. The minimum absolute atomic E-state index is 0.430. The van der Waals surface area contributed by atoms with Crippen LogP contribution < -0.4 is 10.7 Å². The highest BCUT2D eigenvalue weighted by Crippen LogP contribution is 2.19. The van der Waals surface area contributed by atoms with Gasteiger partial charge in [0.1, 0.15) is 5.15 Å². The van der Waals surface area contributed by atoms with Gasteiger partial charge in [0.2, 0.25) is 0 Å². The summed E-state index contributed by atoms with van der Waals surface area (Å²) in [6.07, 6.45) is 6.52. The predicted octanol–water partition coefficient (Wildman–Crippen LogP) is 3.63. The number of thiocarbonyl (C=S) groups is 1. The SMILES string of the molecule is S=C(N/N=C/c1cc2ccccc2nc1Cl)NC1CCCC1. The van der Waals surface area contributed by atoms with Gasteiger partial charge in [0.25, 0.3) is 0 Å². The van der Waals surface area contributed by atoms with Crippen molar-refractivity contribution in [2.45, 2.75) is 31.7 Å². The maximum absolute atomic E-state index is 6.18. The Kier molecular flexibility index (Phi) is 4.85. The van der Waals surface area contributed by atoms with Gasteiger partial charge in [0, 0.05) is 17.0 Å². The van der Waals surface area contributed by atoms with Crippen molar-refractivity contribution in [3.05, 3.63) is 41.0 Å². The number of nitrogens with one attached hydrogen (secondary N) is 2. The fraction of sp³-hybridized carbons (Fsp3) is 0.312. The summed E-state index contributed by atoms with van der Waals surface area (Å²) >= 11 is 11.4. The molecule has 2 N–H and O–H groups in total. The first-order chi connectivity index (χ1) is 10.7. The summed E-state index contributed by atoms with van der Waals surface area (Å²) in [7, 11) is 0. The van der Waals surface area contributed by atoms with E-state index in [4.69, 9.17) is 23.8 Å². The second kappa shape index (κ2) is 7.03. The number of halogens is 1. The fourth-order valence-electron chi connectivity index (χ4n) is 2.65. The number of hydrazone groups is 1. The van der Waals surface area contributed by atoms with Crippen molar-refractivity contribution in [1.82, 2.24) is 15.7 Å². The Labute approximate surface area is 140 Å². The number of fused-ring (bicyclic) bond motifs is 1. The van der Waals surface area contributed by atoms with Crippen LogP contribution in [-0.2, 0) is 0 Å². The van der Waals surface area contributed by atoms with Crippen LogP contribution >= 0.6 is 23.8 Å². The van der Waals surface area contributed by atoms with E-state index in [0.717, 1.165) is 16.5 Å². The summed E-state index contributed by atoms with van der Waals surface area (Å²) in [4.78, 5) is 4.35. The van der Waals surface area contributed by atoms with E-state index in [1.165, 1.54) is 25.7 Å². The summed E-state index contributed by atoms with van der Waals surface area (Å²) in [5.41, 5.74) is 4.47. The highest BCUT2D eigenvalue weighted by atomic mass is 35.5. The van der Waals surface area contributed by atoms with E-state index in [2.05, 4.69) is 20.8 Å². The van der Waals surface area contributed by atoms with E-state index in [1.807, 2.05) is 30.3 Å². The third-order valence-corrected chi connectivity index (χ3v) is 4.28. The van der Waals surface area contributed by atoms with Gasteiger partial charge in [0.05, 0.1) is 11.7 Å². The minimum Gasteiger partial charge on any atom is -0.359 e. The van der Waals surface area contributed by atoms with Gasteiger partial charge in [-0.05, 0) is 37.2 Å². The molecule has 1 aromatic carbocycles. The van der Waals surface area contributed by atoms with Gasteiger partial charge in [-0.1, -0.05) is 42.6 Å². The van der Waals surface area contributed by atoms with Crippen LogP contribution in [0.3, 0.4) is 0 Å². The molecule has 0 aliphatic heterocycles. The second-order valence-corrected chi connectivity index (χ2v) is 6.15. The maximum Gasteiger partial charge on any atom is 0.187 e. The van der Waals surface area contributed by atoms with E-state index in [1.54, 1.807) is 6.21 Å². The average Bonchev–Trinajstić information content (AvgIpc) is 3.00. The lowest BCUT2D eigenvalue weighted by molar-refractivity contribution is 0.624. The molecule has 6 heteroatoms. The molecule has 22 heavy (non-hydrogen) atoms. The zero-order chi connectivity index (χ0) is 15.4. The number of pyridine rings is 1. The fourth-order valence-corrected chi connectivity index (χ4v) is 3.06. The van der Waals surface area contributed by atoms with Crippen molar-refractivity contribution >= 4 is 46.0 Å². The van der Waals surface area contributed by atoms with Crippen LogP contribution in [0, 0.1) is 0 Å². The molecule has 114 valence electrons. The zero-order valence-electron chi connectivity index (χ0n) is 12.1.